The van der Waals surface area contributed by atoms with Gasteiger partial charge in [0.2, 0.25) is 0 Å². The van der Waals surface area contributed by atoms with Gasteiger partial charge in [0.05, 0.1) is 6.61 Å². The maximum Gasteiger partial charge on any atom is 0.126 e. The molecule has 0 heterocycles. The number of hydrogen-bond donors (Lipinski definition) is 1. The van der Waals surface area contributed by atoms with Gasteiger partial charge in [-0.15, -0.1) is 0 Å². The number of phenolic OH excluding ortho intramolecular Hbond substituents is 1. The summed E-state index contributed by atoms with van der Waals surface area (Å²) < 4.78 is 6.08. The molecular weight excluding hydrogens is 236 g/mol. The van der Waals surface area contributed by atoms with E-state index in [1.165, 1.54) is 5.56 Å². The third-order valence-corrected chi connectivity index (χ3v) is 3.63. The van der Waals surface area contributed by atoms with Crippen molar-refractivity contribution in [3.8, 4) is 11.5 Å². The lowest BCUT2D eigenvalue weighted by molar-refractivity contribution is 0.265. The normalized spacial score (nSPS) is 11.1. The molecule has 1 N–H and O–H groups in total. The van der Waals surface area contributed by atoms with Gasteiger partial charge in [-0.2, -0.15) is 0 Å². The van der Waals surface area contributed by atoms with Crippen LogP contribution in [0.5, 0.6) is 11.5 Å². The summed E-state index contributed by atoms with van der Waals surface area (Å²) >= 11 is 0. The maximum atomic E-state index is 10.4. The molecule has 1 aromatic rings. The molecule has 19 heavy (non-hydrogen) atoms. The SMILES string of the molecule is CCc1c(O)c(C)c(CC)c(OCC(C)C)c1CC. The van der Waals surface area contributed by atoms with Crippen molar-refractivity contribution in [1.29, 1.82) is 0 Å². The van der Waals surface area contributed by atoms with Gasteiger partial charge in [0.1, 0.15) is 11.5 Å². The minimum Gasteiger partial charge on any atom is -0.507 e. The molecule has 0 aliphatic carbocycles. The van der Waals surface area contributed by atoms with Gasteiger partial charge in [-0.1, -0.05) is 34.6 Å². The highest BCUT2D eigenvalue weighted by Crippen LogP contribution is 2.39. The van der Waals surface area contributed by atoms with Crippen molar-refractivity contribution in [3.05, 3.63) is 22.3 Å². The summed E-state index contributed by atoms with van der Waals surface area (Å²) in [5, 5.41) is 10.4. The molecule has 0 amide bonds. The maximum absolute atomic E-state index is 10.4. The van der Waals surface area contributed by atoms with E-state index in [0.29, 0.717) is 11.7 Å². The summed E-state index contributed by atoms with van der Waals surface area (Å²) in [4.78, 5) is 0. The number of hydrogen-bond acceptors (Lipinski definition) is 2. The average molecular weight is 264 g/mol. The second-order valence-electron chi connectivity index (χ2n) is 5.50. The second-order valence-corrected chi connectivity index (χ2v) is 5.50. The highest BCUT2D eigenvalue weighted by atomic mass is 16.5. The number of benzene rings is 1. The van der Waals surface area contributed by atoms with Crippen LogP contribution in [0.4, 0.5) is 0 Å². The predicted molar refractivity (Wildman–Crippen MR) is 81.3 cm³/mol. The Morgan fingerprint density at radius 2 is 1.47 bits per heavy atom. The summed E-state index contributed by atoms with van der Waals surface area (Å²) in [6, 6.07) is 0. The molecule has 0 bridgehead atoms. The van der Waals surface area contributed by atoms with E-state index in [4.69, 9.17) is 4.74 Å². The Labute approximate surface area is 117 Å². The molecule has 2 nitrogen and oxygen atoms in total. The first-order valence-corrected chi connectivity index (χ1v) is 7.46. The first-order chi connectivity index (χ1) is 8.97. The van der Waals surface area contributed by atoms with Gasteiger partial charge < -0.3 is 9.84 Å². The van der Waals surface area contributed by atoms with Gasteiger partial charge in [0.15, 0.2) is 0 Å². The van der Waals surface area contributed by atoms with Crippen LogP contribution in [0.2, 0.25) is 0 Å². The summed E-state index contributed by atoms with van der Waals surface area (Å²) in [6.45, 7) is 13.4. The molecule has 1 aromatic carbocycles. The number of rotatable bonds is 6. The van der Waals surface area contributed by atoms with Gasteiger partial charge in [0, 0.05) is 16.7 Å². The van der Waals surface area contributed by atoms with Crippen molar-refractivity contribution in [2.45, 2.75) is 60.8 Å². The van der Waals surface area contributed by atoms with Crippen LogP contribution in [0.15, 0.2) is 0 Å². The van der Waals surface area contributed by atoms with E-state index < -0.39 is 0 Å². The minimum absolute atomic E-state index is 0.466. The third-order valence-electron chi connectivity index (χ3n) is 3.63. The number of aromatic hydroxyl groups is 1. The first kappa shape index (κ1) is 15.9. The van der Waals surface area contributed by atoms with Crippen molar-refractivity contribution in [1.82, 2.24) is 0 Å². The summed E-state index contributed by atoms with van der Waals surface area (Å²) in [6.07, 6.45) is 2.64. The number of phenols is 1. The highest BCUT2D eigenvalue weighted by Gasteiger charge is 2.20. The monoisotopic (exact) mass is 264 g/mol. The lowest BCUT2D eigenvalue weighted by Gasteiger charge is -2.22. The molecule has 2 heteroatoms. The topological polar surface area (TPSA) is 29.5 Å². The van der Waals surface area contributed by atoms with Crippen molar-refractivity contribution in [2.24, 2.45) is 5.92 Å². The Hall–Kier alpha value is -1.18. The zero-order chi connectivity index (χ0) is 14.6. The quantitative estimate of drug-likeness (QED) is 0.824. The molecule has 0 radical (unpaired) electrons. The average Bonchev–Trinajstić information content (AvgIpc) is 2.39. The predicted octanol–water partition coefficient (Wildman–Crippen LogP) is 4.42. The Bertz CT molecular complexity index is 434. The minimum atomic E-state index is 0.466. The Morgan fingerprint density at radius 3 is 1.89 bits per heavy atom. The molecule has 0 aliphatic heterocycles. The Kier molecular flexibility index (Phi) is 5.71. The van der Waals surface area contributed by atoms with E-state index >= 15 is 0 Å². The Balaban J connectivity index is 3.42. The molecule has 0 spiro atoms. The van der Waals surface area contributed by atoms with Gasteiger partial charge in [-0.3, -0.25) is 0 Å². The van der Waals surface area contributed by atoms with Crippen LogP contribution in [-0.2, 0) is 19.3 Å². The molecule has 0 unspecified atom stereocenters. The summed E-state index contributed by atoms with van der Waals surface area (Å²) in [7, 11) is 0. The van der Waals surface area contributed by atoms with E-state index in [1.54, 1.807) is 0 Å². The largest absolute Gasteiger partial charge is 0.507 e. The van der Waals surface area contributed by atoms with Crippen LogP contribution in [-0.4, -0.2) is 11.7 Å². The van der Waals surface area contributed by atoms with E-state index in [9.17, 15) is 5.11 Å². The van der Waals surface area contributed by atoms with Gasteiger partial charge in [-0.25, -0.2) is 0 Å². The standard InChI is InChI=1S/C17H28O2/c1-7-13-12(6)16(18)14(8-2)15(9-3)17(13)19-10-11(4)5/h11,18H,7-10H2,1-6H3. The molecule has 108 valence electrons. The molecule has 0 saturated carbocycles. The van der Waals surface area contributed by atoms with Gasteiger partial charge >= 0.3 is 0 Å². The van der Waals surface area contributed by atoms with E-state index in [1.807, 2.05) is 6.92 Å². The van der Waals surface area contributed by atoms with Gasteiger partial charge in [0.25, 0.3) is 0 Å². The van der Waals surface area contributed by atoms with Gasteiger partial charge in [-0.05, 0) is 37.7 Å². The molecule has 0 aliphatic rings. The van der Waals surface area contributed by atoms with E-state index in [0.717, 1.165) is 48.3 Å². The van der Waals surface area contributed by atoms with Crippen LogP contribution in [0.3, 0.4) is 0 Å². The van der Waals surface area contributed by atoms with Crippen LogP contribution < -0.4 is 4.74 Å². The zero-order valence-corrected chi connectivity index (χ0v) is 13.3. The summed E-state index contributed by atoms with van der Waals surface area (Å²) in [5.74, 6) is 1.99. The Morgan fingerprint density at radius 1 is 0.947 bits per heavy atom. The fourth-order valence-electron chi connectivity index (χ4n) is 2.61. The summed E-state index contributed by atoms with van der Waals surface area (Å²) in [5.41, 5.74) is 4.38. The van der Waals surface area contributed by atoms with E-state index in [2.05, 4.69) is 34.6 Å². The smallest absolute Gasteiger partial charge is 0.126 e. The van der Waals surface area contributed by atoms with Crippen molar-refractivity contribution in [2.75, 3.05) is 6.61 Å². The van der Waals surface area contributed by atoms with Crippen LogP contribution in [0.25, 0.3) is 0 Å². The van der Waals surface area contributed by atoms with Crippen LogP contribution in [0.1, 0.15) is 56.9 Å². The first-order valence-electron chi connectivity index (χ1n) is 7.46. The lowest BCUT2D eigenvalue weighted by Crippen LogP contribution is -2.11. The molecule has 1 rings (SSSR count). The number of ether oxygens (including phenoxy) is 1. The van der Waals surface area contributed by atoms with Crippen molar-refractivity contribution in [3.63, 3.8) is 0 Å². The van der Waals surface area contributed by atoms with Crippen molar-refractivity contribution >= 4 is 0 Å². The highest BCUT2D eigenvalue weighted by molar-refractivity contribution is 5.58. The molecule has 0 saturated heterocycles. The fourth-order valence-corrected chi connectivity index (χ4v) is 2.61. The van der Waals surface area contributed by atoms with Crippen molar-refractivity contribution < 1.29 is 9.84 Å². The van der Waals surface area contributed by atoms with E-state index in [-0.39, 0.29) is 0 Å². The second kappa shape index (κ2) is 6.83. The molecule has 0 aromatic heterocycles. The third kappa shape index (κ3) is 3.23. The molecular formula is C17H28O2. The van der Waals surface area contributed by atoms with Crippen LogP contribution >= 0.6 is 0 Å². The zero-order valence-electron chi connectivity index (χ0n) is 13.3. The molecule has 0 fully saturated rings. The van der Waals surface area contributed by atoms with Crippen LogP contribution in [0, 0.1) is 12.8 Å². The fraction of sp³-hybridized carbons (Fsp3) is 0.647. The lowest BCUT2D eigenvalue weighted by atomic mass is 9.92. The molecule has 0 atom stereocenters.